The number of aromatic nitrogens is 1. The number of hydrogen-bond donors (Lipinski definition) is 0. The zero-order valence-corrected chi connectivity index (χ0v) is 18.6. The number of ether oxygens (including phenoxy) is 1. The number of nitrogens with zero attached hydrogens (tertiary/aromatic N) is 3. The smallest absolute Gasteiger partial charge is 0.229 e. The summed E-state index contributed by atoms with van der Waals surface area (Å²) < 4.78 is 6.70. The molecule has 2 aromatic rings. The number of pyridine rings is 1. The molecule has 5 atom stereocenters. The molecule has 0 radical (unpaired) electrons. The molecule has 5 nitrogen and oxygen atoms in total. The van der Waals surface area contributed by atoms with Crippen molar-refractivity contribution in [3.8, 4) is 0 Å². The second-order valence-electron chi connectivity index (χ2n) is 9.70. The lowest BCUT2D eigenvalue weighted by atomic mass is 9.78. The van der Waals surface area contributed by atoms with E-state index in [-0.39, 0.29) is 29.9 Å². The predicted molar refractivity (Wildman–Crippen MR) is 120 cm³/mol. The SMILES string of the molecule is CC(C)C[C@@H]1N=C2C[C@H](c3ccccc3)[C@@H](C)[C@@H]3C[C@@]2(O1)N(Cc1ccccn1)C3=O. The van der Waals surface area contributed by atoms with Crippen LogP contribution in [0.2, 0.25) is 0 Å². The second-order valence-corrected chi connectivity index (χ2v) is 9.70. The molecule has 0 N–H and O–H groups in total. The van der Waals surface area contributed by atoms with Crippen molar-refractivity contribution in [2.75, 3.05) is 0 Å². The van der Waals surface area contributed by atoms with Crippen LogP contribution < -0.4 is 0 Å². The summed E-state index contributed by atoms with van der Waals surface area (Å²) in [4.78, 5) is 25.3. The van der Waals surface area contributed by atoms with Gasteiger partial charge in [-0.2, -0.15) is 0 Å². The molecule has 31 heavy (non-hydrogen) atoms. The molecule has 162 valence electrons. The van der Waals surface area contributed by atoms with Gasteiger partial charge in [-0.1, -0.05) is 57.2 Å². The predicted octanol–water partition coefficient (Wildman–Crippen LogP) is 4.79. The van der Waals surface area contributed by atoms with E-state index < -0.39 is 5.72 Å². The van der Waals surface area contributed by atoms with Crippen molar-refractivity contribution in [2.45, 2.75) is 64.4 Å². The summed E-state index contributed by atoms with van der Waals surface area (Å²) >= 11 is 0. The lowest BCUT2D eigenvalue weighted by Gasteiger charge is -2.37. The molecule has 1 aromatic carbocycles. The van der Waals surface area contributed by atoms with Crippen molar-refractivity contribution in [2.24, 2.45) is 22.7 Å². The number of hydrogen-bond acceptors (Lipinski definition) is 4. The van der Waals surface area contributed by atoms with Crippen LogP contribution in [0.1, 0.15) is 57.2 Å². The van der Waals surface area contributed by atoms with E-state index in [0.29, 0.717) is 18.9 Å². The van der Waals surface area contributed by atoms with Gasteiger partial charge in [0.15, 0.2) is 12.0 Å². The number of amides is 1. The van der Waals surface area contributed by atoms with Gasteiger partial charge in [-0.25, -0.2) is 0 Å². The van der Waals surface area contributed by atoms with Gasteiger partial charge in [-0.15, -0.1) is 0 Å². The summed E-state index contributed by atoms with van der Waals surface area (Å²) in [7, 11) is 0. The largest absolute Gasteiger partial charge is 0.325 e. The standard InChI is InChI=1S/C26H31N3O2/c1-17(2)13-24-28-23-14-21(19-9-5-4-6-10-19)18(3)22-15-26(23,31-24)29(25(22)30)16-20-11-7-8-12-27-20/h4-12,17-18,21-22,24H,13-16H2,1-3H3/t18-,21+,22+,24-,26+/m1/s1. The summed E-state index contributed by atoms with van der Waals surface area (Å²) in [5, 5.41) is 0. The van der Waals surface area contributed by atoms with Crippen LogP contribution in [0.3, 0.4) is 0 Å². The maximum atomic E-state index is 13.8. The first-order valence-corrected chi connectivity index (χ1v) is 11.5. The van der Waals surface area contributed by atoms with Crippen LogP contribution in [-0.4, -0.2) is 33.5 Å². The Labute approximate surface area is 184 Å². The van der Waals surface area contributed by atoms with Crippen LogP contribution in [0, 0.1) is 17.8 Å². The fourth-order valence-corrected chi connectivity index (χ4v) is 5.64. The van der Waals surface area contributed by atoms with Crippen molar-refractivity contribution >= 4 is 11.6 Å². The van der Waals surface area contributed by atoms with Crippen molar-refractivity contribution in [1.29, 1.82) is 0 Å². The van der Waals surface area contributed by atoms with E-state index in [0.717, 1.165) is 24.2 Å². The van der Waals surface area contributed by atoms with Gasteiger partial charge in [0, 0.05) is 18.5 Å². The third-order valence-corrected chi connectivity index (χ3v) is 7.23. The van der Waals surface area contributed by atoms with E-state index in [4.69, 9.17) is 9.73 Å². The molecule has 3 heterocycles. The van der Waals surface area contributed by atoms with E-state index in [9.17, 15) is 4.79 Å². The highest BCUT2D eigenvalue weighted by molar-refractivity contribution is 6.01. The topological polar surface area (TPSA) is 54.8 Å². The molecule has 1 saturated heterocycles. The number of benzene rings is 1. The monoisotopic (exact) mass is 417 g/mol. The number of aliphatic imine (C=N–C) groups is 1. The molecule has 1 aromatic heterocycles. The van der Waals surface area contributed by atoms with E-state index in [1.54, 1.807) is 6.20 Å². The van der Waals surface area contributed by atoms with Crippen LogP contribution in [0.5, 0.6) is 0 Å². The maximum Gasteiger partial charge on any atom is 0.229 e. The number of rotatable bonds is 5. The van der Waals surface area contributed by atoms with Gasteiger partial charge in [-0.05, 0) is 48.3 Å². The second kappa shape index (κ2) is 7.86. The minimum Gasteiger partial charge on any atom is -0.325 e. The van der Waals surface area contributed by atoms with Gasteiger partial charge in [-0.3, -0.25) is 14.8 Å². The molecular weight excluding hydrogens is 386 g/mol. The van der Waals surface area contributed by atoms with Crippen molar-refractivity contribution in [3.63, 3.8) is 0 Å². The highest BCUT2D eigenvalue weighted by Crippen LogP contribution is 2.53. The highest BCUT2D eigenvalue weighted by Gasteiger charge is 2.62. The molecule has 3 aliphatic rings. The minimum absolute atomic E-state index is 0.0700. The molecule has 5 rings (SSSR count). The van der Waals surface area contributed by atoms with Gasteiger partial charge >= 0.3 is 0 Å². The maximum absolute atomic E-state index is 13.8. The van der Waals surface area contributed by atoms with Crippen LogP contribution in [0.4, 0.5) is 0 Å². The van der Waals surface area contributed by atoms with Gasteiger partial charge in [0.25, 0.3) is 0 Å². The summed E-state index contributed by atoms with van der Waals surface area (Å²) in [6.45, 7) is 7.08. The Balaban J connectivity index is 1.55. The molecule has 2 fully saturated rings. The Bertz CT molecular complexity index is 975. The van der Waals surface area contributed by atoms with Gasteiger partial charge in [0.2, 0.25) is 5.91 Å². The molecule has 5 heteroatoms. The summed E-state index contributed by atoms with van der Waals surface area (Å²) in [6.07, 6.45) is 4.00. The molecule has 2 aliphatic heterocycles. The van der Waals surface area contributed by atoms with Crippen LogP contribution in [-0.2, 0) is 16.1 Å². The van der Waals surface area contributed by atoms with Gasteiger partial charge in [0.05, 0.1) is 18.0 Å². The zero-order chi connectivity index (χ0) is 21.6. The Morgan fingerprint density at radius 1 is 1.13 bits per heavy atom. The molecule has 1 amide bonds. The van der Waals surface area contributed by atoms with Crippen LogP contribution >= 0.6 is 0 Å². The first-order chi connectivity index (χ1) is 15.0. The minimum atomic E-state index is -0.726. The van der Waals surface area contributed by atoms with Crippen molar-refractivity contribution in [1.82, 2.24) is 9.88 Å². The Morgan fingerprint density at radius 3 is 2.61 bits per heavy atom. The fraction of sp³-hybridized carbons (Fsp3) is 0.500. The van der Waals surface area contributed by atoms with Crippen LogP contribution in [0.25, 0.3) is 0 Å². The third kappa shape index (κ3) is 3.49. The lowest BCUT2D eigenvalue weighted by Crippen LogP contribution is -2.52. The van der Waals surface area contributed by atoms with E-state index in [2.05, 4.69) is 50.0 Å². The summed E-state index contributed by atoms with van der Waals surface area (Å²) in [5.74, 6) is 1.08. The number of carbonyl (C=O) groups is 1. The molecule has 1 aliphatic carbocycles. The summed E-state index contributed by atoms with van der Waals surface area (Å²) in [6, 6.07) is 16.5. The molecule has 1 spiro atoms. The third-order valence-electron chi connectivity index (χ3n) is 7.23. The number of likely N-dealkylation sites (tertiary alicyclic amines) is 1. The Kier molecular flexibility index (Phi) is 5.17. The van der Waals surface area contributed by atoms with Gasteiger partial charge < -0.3 is 9.64 Å². The number of fused-ring (bicyclic) bond motifs is 1. The first-order valence-electron chi connectivity index (χ1n) is 11.5. The Hall–Kier alpha value is -2.53. The van der Waals surface area contributed by atoms with E-state index >= 15 is 0 Å². The Morgan fingerprint density at radius 2 is 1.90 bits per heavy atom. The number of carbonyl (C=O) groups excluding carboxylic acids is 1. The highest BCUT2D eigenvalue weighted by atomic mass is 16.6. The first kappa shape index (κ1) is 20.4. The zero-order valence-electron chi connectivity index (χ0n) is 18.6. The molecule has 0 unspecified atom stereocenters. The average Bonchev–Trinajstić information content (AvgIpc) is 3.20. The van der Waals surface area contributed by atoms with E-state index in [1.807, 2.05) is 29.2 Å². The normalized spacial score (nSPS) is 32.2. The van der Waals surface area contributed by atoms with Crippen molar-refractivity contribution in [3.05, 3.63) is 66.0 Å². The lowest BCUT2D eigenvalue weighted by molar-refractivity contribution is -0.151. The van der Waals surface area contributed by atoms with Crippen LogP contribution in [0.15, 0.2) is 59.7 Å². The molecule has 1 saturated carbocycles. The van der Waals surface area contributed by atoms with Crippen molar-refractivity contribution < 1.29 is 9.53 Å². The van der Waals surface area contributed by atoms with E-state index in [1.165, 1.54) is 5.56 Å². The quantitative estimate of drug-likeness (QED) is 0.703. The van der Waals surface area contributed by atoms with Gasteiger partial charge in [0.1, 0.15) is 0 Å². The summed E-state index contributed by atoms with van der Waals surface area (Å²) in [5.41, 5.74) is 2.50. The fourth-order valence-electron chi connectivity index (χ4n) is 5.64. The average molecular weight is 418 g/mol. The molecule has 2 bridgehead atoms. The molecular formula is C26H31N3O2.